The van der Waals surface area contributed by atoms with Crippen molar-refractivity contribution in [2.45, 2.75) is 27.7 Å². The van der Waals surface area contributed by atoms with Gasteiger partial charge in [0.15, 0.2) is 16.6 Å². The number of benzene rings is 2. The topological polar surface area (TPSA) is 60.5 Å². The molecule has 3 rings (SSSR count). The molecule has 0 aliphatic carbocycles. The van der Waals surface area contributed by atoms with Crippen molar-refractivity contribution in [1.29, 1.82) is 0 Å². The summed E-state index contributed by atoms with van der Waals surface area (Å²) < 4.78 is 11.2. The summed E-state index contributed by atoms with van der Waals surface area (Å²) in [6.07, 6.45) is 3.24. The van der Waals surface area contributed by atoms with Gasteiger partial charge in [-0.15, -0.1) is 11.3 Å². The van der Waals surface area contributed by atoms with Crippen LogP contribution in [0.4, 0.5) is 5.13 Å². The number of nitrogens with one attached hydrogen (secondary N) is 1. The molecule has 156 valence electrons. The average molecular weight is 423 g/mol. The number of anilines is 1. The second-order valence-corrected chi connectivity index (χ2v) is 7.89. The fraction of sp³-hybridized carbons (Fsp3) is 0.250. The number of aryl methyl sites for hydroxylation is 2. The maximum Gasteiger partial charge on any atom is 0.250 e. The maximum atomic E-state index is 12.4. The van der Waals surface area contributed by atoms with E-state index in [1.54, 1.807) is 6.08 Å². The molecule has 0 radical (unpaired) electrons. The van der Waals surface area contributed by atoms with Crippen molar-refractivity contribution in [3.05, 3.63) is 64.5 Å². The number of aromatic nitrogens is 1. The molecular weight excluding hydrogens is 396 g/mol. The van der Waals surface area contributed by atoms with Crippen LogP contribution in [0.3, 0.4) is 0 Å². The smallest absolute Gasteiger partial charge is 0.250 e. The zero-order valence-electron chi connectivity index (χ0n) is 17.7. The van der Waals surface area contributed by atoms with Gasteiger partial charge in [0.2, 0.25) is 5.91 Å². The van der Waals surface area contributed by atoms with Crippen molar-refractivity contribution in [2.24, 2.45) is 0 Å². The first-order valence-corrected chi connectivity index (χ1v) is 10.7. The fourth-order valence-corrected chi connectivity index (χ4v) is 3.76. The molecule has 0 fully saturated rings. The van der Waals surface area contributed by atoms with Gasteiger partial charge in [0.25, 0.3) is 0 Å². The van der Waals surface area contributed by atoms with E-state index in [9.17, 15) is 4.79 Å². The highest BCUT2D eigenvalue weighted by Crippen LogP contribution is 2.31. The standard InChI is InChI=1S/C24H26N2O3S/c1-5-28-20-13-9-18(15-21(20)29-6-2)10-14-22(27)25-24-26-23(17(4)30-24)19-11-7-16(3)8-12-19/h7-15H,5-6H2,1-4H3,(H,25,26,27)/b14-10+. The van der Waals surface area contributed by atoms with Crippen molar-refractivity contribution >= 4 is 28.5 Å². The second kappa shape index (κ2) is 10.1. The summed E-state index contributed by atoms with van der Waals surface area (Å²) in [5.74, 6) is 1.13. The highest BCUT2D eigenvalue weighted by molar-refractivity contribution is 7.16. The Kier molecular flexibility index (Phi) is 7.25. The third-order valence-electron chi connectivity index (χ3n) is 4.35. The fourth-order valence-electron chi connectivity index (χ4n) is 2.92. The number of rotatable bonds is 8. The van der Waals surface area contributed by atoms with E-state index < -0.39 is 0 Å². The van der Waals surface area contributed by atoms with E-state index in [0.29, 0.717) is 29.8 Å². The van der Waals surface area contributed by atoms with Crippen LogP contribution in [0.2, 0.25) is 0 Å². The van der Waals surface area contributed by atoms with Crippen LogP contribution in [0, 0.1) is 13.8 Å². The Balaban J connectivity index is 1.70. The zero-order valence-corrected chi connectivity index (χ0v) is 18.5. The Morgan fingerprint density at radius 3 is 2.43 bits per heavy atom. The molecule has 0 saturated heterocycles. The molecule has 6 heteroatoms. The van der Waals surface area contributed by atoms with Gasteiger partial charge in [0.1, 0.15) is 0 Å². The second-order valence-electron chi connectivity index (χ2n) is 6.68. The molecule has 0 bridgehead atoms. The maximum absolute atomic E-state index is 12.4. The Bertz CT molecular complexity index is 1040. The molecule has 0 saturated carbocycles. The lowest BCUT2D eigenvalue weighted by molar-refractivity contribution is -0.111. The van der Waals surface area contributed by atoms with E-state index in [1.165, 1.54) is 23.0 Å². The Labute approximate surface area is 181 Å². The molecular formula is C24H26N2O3S. The van der Waals surface area contributed by atoms with Gasteiger partial charge < -0.3 is 9.47 Å². The third-order valence-corrected chi connectivity index (χ3v) is 5.23. The normalized spacial score (nSPS) is 10.9. The van der Waals surface area contributed by atoms with Crippen LogP contribution in [-0.4, -0.2) is 24.1 Å². The summed E-state index contributed by atoms with van der Waals surface area (Å²) in [6, 6.07) is 13.8. The van der Waals surface area contributed by atoms with Gasteiger partial charge in [0.05, 0.1) is 18.9 Å². The lowest BCUT2D eigenvalue weighted by Crippen LogP contribution is -2.07. The number of hydrogen-bond acceptors (Lipinski definition) is 5. The molecule has 1 amide bonds. The highest BCUT2D eigenvalue weighted by atomic mass is 32.1. The summed E-state index contributed by atoms with van der Waals surface area (Å²) in [5, 5.41) is 3.43. The van der Waals surface area contributed by atoms with Crippen LogP contribution in [0.1, 0.15) is 29.9 Å². The number of carbonyl (C=O) groups excluding carboxylic acids is 1. The number of thiazole rings is 1. The van der Waals surface area contributed by atoms with E-state index in [4.69, 9.17) is 9.47 Å². The number of nitrogens with zero attached hydrogens (tertiary/aromatic N) is 1. The van der Waals surface area contributed by atoms with Crippen molar-refractivity contribution in [2.75, 3.05) is 18.5 Å². The number of hydrogen-bond donors (Lipinski definition) is 1. The number of amides is 1. The molecule has 1 N–H and O–H groups in total. The Morgan fingerprint density at radius 1 is 1.03 bits per heavy atom. The Morgan fingerprint density at radius 2 is 1.73 bits per heavy atom. The van der Waals surface area contributed by atoms with Crippen LogP contribution >= 0.6 is 11.3 Å². The first kappa shape index (κ1) is 21.6. The lowest BCUT2D eigenvalue weighted by Gasteiger charge is -2.11. The summed E-state index contributed by atoms with van der Waals surface area (Å²) in [5.41, 5.74) is 4.00. The molecule has 0 atom stereocenters. The van der Waals surface area contributed by atoms with E-state index in [1.807, 2.05) is 51.1 Å². The molecule has 5 nitrogen and oxygen atoms in total. The molecule has 0 aliphatic heterocycles. The van der Waals surface area contributed by atoms with Crippen LogP contribution in [0.25, 0.3) is 17.3 Å². The third kappa shape index (κ3) is 5.48. The van der Waals surface area contributed by atoms with Crippen molar-refractivity contribution in [3.63, 3.8) is 0 Å². The van der Waals surface area contributed by atoms with E-state index in [-0.39, 0.29) is 5.91 Å². The molecule has 0 spiro atoms. The predicted octanol–water partition coefficient (Wildman–Crippen LogP) is 5.88. The minimum Gasteiger partial charge on any atom is -0.490 e. The zero-order chi connectivity index (χ0) is 21.5. The van der Waals surface area contributed by atoms with Gasteiger partial charge in [-0.2, -0.15) is 0 Å². The molecule has 1 aromatic heterocycles. The van der Waals surface area contributed by atoms with Crippen LogP contribution in [-0.2, 0) is 4.79 Å². The largest absolute Gasteiger partial charge is 0.490 e. The first-order valence-electron chi connectivity index (χ1n) is 9.93. The molecule has 0 unspecified atom stereocenters. The van der Waals surface area contributed by atoms with E-state index in [0.717, 1.165) is 21.7 Å². The summed E-state index contributed by atoms with van der Waals surface area (Å²) in [6.45, 7) is 9.02. The predicted molar refractivity (Wildman–Crippen MR) is 123 cm³/mol. The summed E-state index contributed by atoms with van der Waals surface area (Å²) >= 11 is 1.47. The first-order chi connectivity index (χ1) is 14.5. The van der Waals surface area contributed by atoms with Crippen molar-refractivity contribution < 1.29 is 14.3 Å². The van der Waals surface area contributed by atoms with Crippen LogP contribution in [0.5, 0.6) is 11.5 Å². The van der Waals surface area contributed by atoms with Gasteiger partial charge in [0, 0.05) is 16.5 Å². The number of carbonyl (C=O) groups is 1. The van der Waals surface area contributed by atoms with Gasteiger partial charge in [-0.1, -0.05) is 35.9 Å². The lowest BCUT2D eigenvalue weighted by atomic mass is 10.1. The summed E-state index contributed by atoms with van der Waals surface area (Å²) in [4.78, 5) is 18.0. The van der Waals surface area contributed by atoms with Gasteiger partial charge in [-0.3, -0.25) is 10.1 Å². The van der Waals surface area contributed by atoms with Crippen LogP contribution in [0.15, 0.2) is 48.5 Å². The highest BCUT2D eigenvalue weighted by Gasteiger charge is 2.11. The van der Waals surface area contributed by atoms with Crippen LogP contribution < -0.4 is 14.8 Å². The summed E-state index contributed by atoms with van der Waals surface area (Å²) in [7, 11) is 0. The monoisotopic (exact) mass is 422 g/mol. The molecule has 2 aromatic carbocycles. The molecule has 3 aromatic rings. The van der Waals surface area contributed by atoms with E-state index in [2.05, 4.69) is 29.4 Å². The minimum atomic E-state index is -0.231. The van der Waals surface area contributed by atoms with Crippen molar-refractivity contribution in [3.8, 4) is 22.8 Å². The Hall–Kier alpha value is -3.12. The quantitative estimate of drug-likeness (QED) is 0.461. The van der Waals surface area contributed by atoms with Gasteiger partial charge in [-0.05, 0) is 51.5 Å². The molecule has 1 heterocycles. The molecule has 30 heavy (non-hydrogen) atoms. The average Bonchev–Trinajstić information content (AvgIpc) is 3.09. The number of ether oxygens (including phenoxy) is 2. The van der Waals surface area contributed by atoms with E-state index >= 15 is 0 Å². The SMILES string of the molecule is CCOc1ccc(/C=C/C(=O)Nc2nc(-c3ccc(C)cc3)c(C)s2)cc1OCC. The van der Waals surface area contributed by atoms with Gasteiger partial charge in [-0.25, -0.2) is 4.98 Å². The van der Waals surface area contributed by atoms with Crippen molar-refractivity contribution in [1.82, 2.24) is 4.98 Å². The van der Waals surface area contributed by atoms with Gasteiger partial charge >= 0.3 is 0 Å². The minimum absolute atomic E-state index is 0.231. The molecule has 0 aliphatic rings.